The molecule has 3 heteroatoms. The highest BCUT2D eigenvalue weighted by atomic mass is 16.5. The van der Waals surface area contributed by atoms with Crippen LogP contribution in [0, 0.1) is 6.92 Å². The molecular weight excluding hydrogens is 250 g/mol. The van der Waals surface area contributed by atoms with Gasteiger partial charge in [-0.1, -0.05) is 19.3 Å². The summed E-state index contributed by atoms with van der Waals surface area (Å²) in [6.45, 7) is 5.44. The predicted octanol–water partition coefficient (Wildman–Crippen LogP) is 3.56. The van der Waals surface area contributed by atoms with Gasteiger partial charge in [-0.05, 0) is 44.4 Å². The molecule has 1 aliphatic carbocycles. The van der Waals surface area contributed by atoms with Crippen molar-refractivity contribution in [2.45, 2.75) is 51.4 Å². The molecule has 0 heterocycles. The van der Waals surface area contributed by atoms with Crippen molar-refractivity contribution >= 4 is 0 Å². The Balaban J connectivity index is 2.48. The highest BCUT2D eigenvalue weighted by Gasteiger charge is 2.35. The van der Waals surface area contributed by atoms with E-state index < -0.39 is 0 Å². The van der Waals surface area contributed by atoms with E-state index in [1.807, 2.05) is 6.92 Å². The van der Waals surface area contributed by atoms with E-state index in [9.17, 15) is 0 Å². The molecule has 0 saturated heterocycles. The van der Waals surface area contributed by atoms with Gasteiger partial charge >= 0.3 is 0 Å². The lowest BCUT2D eigenvalue weighted by molar-refractivity contribution is 0.284. The SMILES string of the molecule is CCOc1cc(C2(CN)CCCCC2)c(OC)cc1C. The van der Waals surface area contributed by atoms with Crippen LogP contribution in [0.3, 0.4) is 0 Å². The summed E-state index contributed by atoms with van der Waals surface area (Å²) in [6.07, 6.45) is 6.10. The van der Waals surface area contributed by atoms with Gasteiger partial charge in [-0.2, -0.15) is 0 Å². The number of hydrogen-bond donors (Lipinski definition) is 1. The molecule has 1 saturated carbocycles. The minimum absolute atomic E-state index is 0.0587. The van der Waals surface area contributed by atoms with Crippen LogP contribution in [0.15, 0.2) is 12.1 Å². The number of aryl methyl sites for hydroxylation is 1. The maximum atomic E-state index is 6.16. The van der Waals surface area contributed by atoms with E-state index >= 15 is 0 Å². The van der Waals surface area contributed by atoms with E-state index in [1.54, 1.807) is 7.11 Å². The Bertz CT molecular complexity index is 451. The van der Waals surface area contributed by atoms with Crippen LogP contribution in [0.4, 0.5) is 0 Å². The van der Waals surface area contributed by atoms with Crippen LogP contribution >= 0.6 is 0 Å². The summed E-state index contributed by atoms with van der Waals surface area (Å²) in [6, 6.07) is 4.25. The van der Waals surface area contributed by atoms with Crippen molar-refractivity contribution in [2.75, 3.05) is 20.3 Å². The van der Waals surface area contributed by atoms with E-state index in [1.165, 1.54) is 24.8 Å². The van der Waals surface area contributed by atoms with Crippen LogP contribution in [0.2, 0.25) is 0 Å². The second-order valence-electron chi connectivity index (χ2n) is 5.80. The number of methoxy groups -OCH3 is 1. The second kappa shape index (κ2) is 6.49. The van der Waals surface area contributed by atoms with Gasteiger partial charge in [-0.25, -0.2) is 0 Å². The van der Waals surface area contributed by atoms with Crippen molar-refractivity contribution in [1.29, 1.82) is 0 Å². The summed E-state index contributed by atoms with van der Waals surface area (Å²) in [5, 5.41) is 0. The predicted molar refractivity (Wildman–Crippen MR) is 82.7 cm³/mol. The molecule has 0 amide bonds. The normalized spacial score (nSPS) is 17.8. The molecule has 0 bridgehead atoms. The fourth-order valence-electron chi connectivity index (χ4n) is 3.37. The Morgan fingerprint density at radius 1 is 1.15 bits per heavy atom. The molecule has 0 aliphatic heterocycles. The van der Waals surface area contributed by atoms with Gasteiger partial charge in [0.1, 0.15) is 11.5 Å². The zero-order valence-electron chi connectivity index (χ0n) is 13.0. The van der Waals surface area contributed by atoms with Crippen molar-refractivity contribution < 1.29 is 9.47 Å². The molecule has 0 atom stereocenters. The molecule has 20 heavy (non-hydrogen) atoms. The molecule has 2 N–H and O–H groups in total. The molecule has 1 fully saturated rings. The third-order valence-corrected chi connectivity index (χ3v) is 4.57. The molecule has 0 aromatic heterocycles. The molecule has 0 radical (unpaired) electrons. The Morgan fingerprint density at radius 3 is 2.40 bits per heavy atom. The number of benzene rings is 1. The molecule has 0 unspecified atom stereocenters. The van der Waals surface area contributed by atoms with E-state index in [2.05, 4.69) is 19.1 Å². The summed E-state index contributed by atoms with van der Waals surface area (Å²) >= 11 is 0. The standard InChI is InChI=1S/C17H27NO2/c1-4-20-15-11-14(16(19-3)10-13(15)2)17(12-18)8-6-5-7-9-17/h10-11H,4-9,12,18H2,1-3H3. The first-order valence-electron chi connectivity index (χ1n) is 7.69. The monoisotopic (exact) mass is 277 g/mol. The van der Waals surface area contributed by atoms with Gasteiger partial charge in [0.15, 0.2) is 0 Å². The van der Waals surface area contributed by atoms with Crippen LogP contribution in [-0.4, -0.2) is 20.3 Å². The number of hydrogen-bond acceptors (Lipinski definition) is 3. The van der Waals surface area contributed by atoms with E-state index in [0.717, 1.165) is 29.9 Å². The lowest BCUT2D eigenvalue weighted by atomic mass is 9.69. The maximum Gasteiger partial charge on any atom is 0.123 e. The Labute approximate surface area is 122 Å². The Kier molecular flexibility index (Phi) is 4.92. The average molecular weight is 277 g/mol. The summed E-state index contributed by atoms with van der Waals surface area (Å²) in [5.41, 5.74) is 8.57. The smallest absolute Gasteiger partial charge is 0.123 e. The fraction of sp³-hybridized carbons (Fsp3) is 0.647. The quantitative estimate of drug-likeness (QED) is 0.895. The van der Waals surface area contributed by atoms with Crippen LogP contribution < -0.4 is 15.2 Å². The molecule has 1 aromatic rings. The Morgan fingerprint density at radius 2 is 1.85 bits per heavy atom. The maximum absolute atomic E-state index is 6.16. The third-order valence-electron chi connectivity index (χ3n) is 4.57. The molecule has 1 aliphatic rings. The first-order chi connectivity index (χ1) is 9.66. The topological polar surface area (TPSA) is 44.5 Å². The van der Waals surface area contributed by atoms with Crippen LogP contribution in [0.5, 0.6) is 11.5 Å². The lowest BCUT2D eigenvalue weighted by Gasteiger charge is -2.38. The number of rotatable bonds is 5. The highest BCUT2D eigenvalue weighted by molar-refractivity contribution is 5.50. The molecule has 3 nitrogen and oxygen atoms in total. The fourth-order valence-corrected chi connectivity index (χ4v) is 3.37. The van der Waals surface area contributed by atoms with Crippen LogP contribution in [-0.2, 0) is 5.41 Å². The zero-order valence-corrected chi connectivity index (χ0v) is 13.0. The van der Waals surface area contributed by atoms with Crippen LogP contribution in [0.1, 0.15) is 50.2 Å². The second-order valence-corrected chi connectivity index (χ2v) is 5.80. The van der Waals surface area contributed by atoms with E-state index in [0.29, 0.717) is 13.2 Å². The van der Waals surface area contributed by atoms with Crippen molar-refractivity contribution in [1.82, 2.24) is 0 Å². The number of ether oxygens (including phenoxy) is 2. The first kappa shape index (κ1) is 15.2. The van der Waals surface area contributed by atoms with Gasteiger partial charge < -0.3 is 15.2 Å². The highest BCUT2D eigenvalue weighted by Crippen LogP contribution is 2.44. The Hall–Kier alpha value is -1.22. The van der Waals surface area contributed by atoms with Crippen molar-refractivity contribution in [3.8, 4) is 11.5 Å². The van der Waals surface area contributed by atoms with Gasteiger partial charge in [-0.3, -0.25) is 0 Å². The molecule has 2 rings (SSSR count). The van der Waals surface area contributed by atoms with Crippen molar-refractivity contribution in [3.63, 3.8) is 0 Å². The summed E-state index contributed by atoms with van der Waals surface area (Å²) in [7, 11) is 1.74. The summed E-state index contributed by atoms with van der Waals surface area (Å²) in [5.74, 6) is 1.92. The van der Waals surface area contributed by atoms with Gasteiger partial charge in [0.2, 0.25) is 0 Å². The minimum Gasteiger partial charge on any atom is -0.496 e. The van der Waals surface area contributed by atoms with E-state index in [-0.39, 0.29) is 5.41 Å². The molecule has 0 spiro atoms. The zero-order chi connectivity index (χ0) is 14.6. The van der Waals surface area contributed by atoms with Gasteiger partial charge in [0, 0.05) is 17.5 Å². The van der Waals surface area contributed by atoms with Gasteiger partial charge in [-0.15, -0.1) is 0 Å². The van der Waals surface area contributed by atoms with E-state index in [4.69, 9.17) is 15.2 Å². The summed E-state index contributed by atoms with van der Waals surface area (Å²) < 4.78 is 11.4. The molecule has 112 valence electrons. The minimum atomic E-state index is 0.0587. The molecular formula is C17H27NO2. The van der Waals surface area contributed by atoms with Crippen molar-refractivity contribution in [2.24, 2.45) is 5.73 Å². The lowest BCUT2D eigenvalue weighted by Crippen LogP contribution is -2.37. The third kappa shape index (κ3) is 2.78. The number of nitrogens with two attached hydrogens (primary N) is 1. The van der Waals surface area contributed by atoms with Gasteiger partial charge in [0.05, 0.1) is 13.7 Å². The average Bonchev–Trinajstić information content (AvgIpc) is 2.49. The van der Waals surface area contributed by atoms with Crippen molar-refractivity contribution in [3.05, 3.63) is 23.3 Å². The first-order valence-corrected chi connectivity index (χ1v) is 7.69. The van der Waals surface area contributed by atoms with Crippen LogP contribution in [0.25, 0.3) is 0 Å². The van der Waals surface area contributed by atoms with Gasteiger partial charge in [0.25, 0.3) is 0 Å². The molecule has 1 aromatic carbocycles. The summed E-state index contributed by atoms with van der Waals surface area (Å²) in [4.78, 5) is 0. The largest absolute Gasteiger partial charge is 0.496 e.